The second kappa shape index (κ2) is 5.14. The van der Waals surface area contributed by atoms with E-state index in [1.165, 1.54) is 12.8 Å². The predicted octanol–water partition coefficient (Wildman–Crippen LogP) is 2.26. The number of halogens is 1. The van der Waals surface area contributed by atoms with Crippen LogP contribution in [-0.4, -0.2) is 39.4 Å². The first-order valence-electron chi connectivity index (χ1n) is 6.72. The smallest absolute Gasteiger partial charge is 0.148 e. The van der Waals surface area contributed by atoms with Crippen LogP contribution < -0.4 is 9.80 Å². The van der Waals surface area contributed by atoms with Crippen LogP contribution in [0.15, 0.2) is 18.2 Å². The zero-order valence-electron chi connectivity index (χ0n) is 10.6. The maximum Gasteiger partial charge on any atom is 0.148 e. The predicted molar refractivity (Wildman–Crippen MR) is 70.9 cm³/mol. The number of rotatable bonds is 2. The Kier molecular flexibility index (Phi) is 3.37. The minimum absolute atomic E-state index is 0.110. The lowest BCUT2D eigenvalue weighted by atomic mass is 10.2. The first-order chi connectivity index (χ1) is 8.84. The maximum atomic E-state index is 14.2. The fourth-order valence-corrected chi connectivity index (χ4v) is 2.73. The van der Waals surface area contributed by atoms with Crippen molar-refractivity contribution in [1.82, 2.24) is 0 Å². The number of anilines is 2. The van der Waals surface area contributed by atoms with E-state index in [0.717, 1.165) is 31.9 Å². The number of morpholine rings is 1. The molecule has 2 heterocycles. The highest BCUT2D eigenvalue weighted by molar-refractivity contribution is 5.58. The molecule has 0 amide bonds. The zero-order valence-corrected chi connectivity index (χ0v) is 10.6. The van der Waals surface area contributed by atoms with Crippen molar-refractivity contribution >= 4 is 11.4 Å². The number of hydrogen-bond acceptors (Lipinski definition) is 3. The van der Waals surface area contributed by atoms with Crippen molar-refractivity contribution in [2.75, 3.05) is 49.2 Å². The van der Waals surface area contributed by atoms with Crippen molar-refractivity contribution in [3.05, 3.63) is 24.0 Å². The molecule has 3 nitrogen and oxygen atoms in total. The molecule has 2 aliphatic rings. The van der Waals surface area contributed by atoms with Gasteiger partial charge in [-0.1, -0.05) is 0 Å². The van der Waals surface area contributed by atoms with Gasteiger partial charge in [0.25, 0.3) is 0 Å². The first kappa shape index (κ1) is 11.8. The summed E-state index contributed by atoms with van der Waals surface area (Å²) in [5.74, 6) is -0.110. The van der Waals surface area contributed by atoms with Crippen LogP contribution in [0, 0.1) is 5.82 Å². The summed E-state index contributed by atoms with van der Waals surface area (Å²) >= 11 is 0. The maximum absolute atomic E-state index is 14.2. The van der Waals surface area contributed by atoms with Crippen molar-refractivity contribution in [2.45, 2.75) is 12.8 Å². The van der Waals surface area contributed by atoms with Gasteiger partial charge in [-0.05, 0) is 31.0 Å². The van der Waals surface area contributed by atoms with Crippen molar-refractivity contribution in [2.24, 2.45) is 0 Å². The fourth-order valence-electron chi connectivity index (χ4n) is 2.73. The molecule has 0 aliphatic carbocycles. The normalized spacial score (nSPS) is 20.5. The van der Waals surface area contributed by atoms with Gasteiger partial charge in [-0.25, -0.2) is 4.39 Å². The van der Waals surface area contributed by atoms with Crippen molar-refractivity contribution in [1.29, 1.82) is 0 Å². The third-order valence-corrected chi connectivity index (χ3v) is 3.75. The molecule has 18 heavy (non-hydrogen) atoms. The van der Waals surface area contributed by atoms with Gasteiger partial charge >= 0.3 is 0 Å². The summed E-state index contributed by atoms with van der Waals surface area (Å²) in [6.07, 6.45) is 2.43. The highest BCUT2D eigenvalue weighted by atomic mass is 19.1. The van der Waals surface area contributed by atoms with Crippen LogP contribution in [0.1, 0.15) is 12.8 Å². The van der Waals surface area contributed by atoms with Gasteiger partial charge in [-0.3, -0.25) is 0 Å². The molecule has 0 aromatic heterocycles. The van der Waals surface area contributed by atoms with E-state index in [-0.39, 0.29) is 5.82 Å². The Balaban J connectivity index is 1.79. The van der Waals surface area contributed by atoms with Gasteiger partial charge in [-0.2, -0.15) is 0 Å². The standard InChI is InChI=1S/C14H19FN2O/c15-13-11-12(16-5-1-2-6-16)3-4-14(13)17-7-9-18-10-8-17/h3-4,11H,1-2,5-10H2. The van der Waals surface area contributed by atoms with E-state index in [0.29, 0.717) is 18.9 Å². The summed E-state index contributed by atoms with van der Waals surface area (Å²) in [7, 11) is 0. The van der Waals surface area contributed by atoms with Gasteiger partial charge in [0.1, 0.15) is 5.82 Å². The van der Waals surface area contributed by atoms with Gasteiger partial charge < -0.3 is 14.5 Å². The van der Waals surface area contributed by atoms with Crippen LogP contribution in [0.3, 0.4) is 0 Å². The van der Waals surface area contributed by atoms with Gasteiger partial charge in [0.2, 0.25) is 0 Å². The molecule has 2 saturated heterocycles. The highest BCUT2D eigenvalue weighted by Gasteiger charge is 2.18. The van der Waals surface area contributed by atoms with Crippen LogP contribution in [0.4, 0.5) is 15.8 Å². The van der Waals surface area contributed by atoms with Crippen molar-refractivity contribution < 1.29 is 9.13 Å². The quantitative estimate of drug-likeness (QED) is 0.800. The van der Waals surface area contributed by atoms with Crippen molar-refractivity contribution in [3.63, 3.8) is 0 Å². The fraction of sp³-hybridized carbons (Fsp3) is 0.571. The van der Waals surface area contributed by atoms with Crippen LogP contribution in [0.5, 0.6) is 0 Å². The average molecular weight is 250 g/mol. The van der Waals surface area contributed by atoms with E-state index in [4.69, 9.17) is 4.74 Å². The number of nitrogens with zero attached hydrogens (tertiary/aromatic N) is 2. The molecule has 0 N–H and O–H groups in total. The van der Waals surface area contributed by atoms with Gasteiger partial charge in [0, 0.05) is 31.9 Å². The Bertz CT molecular complexity index is 412. The highest BCUT2D eigenvalue weighted by Crippen LogP contribution is 2.27. The van der Waals surface area contributed by atoms with Gasteiger partial charge in [0.15, 0.2) is 0 Å². The molecular weight excluding hydrogens is 231 g/mol. The Labute approximate surface area is 107 Å². The van der Waals surface area contributed by atoms with Crippen LogP contribution in [-0.2, 0) is 4.74 Å². The van der Waals surface area contributed by atoms with E-state index in [2.05, 4.69) is 9.80 Å². The molecule has 0 bridgehead atoms. The van der Waals surface area contributed by atoms with E-state index in [1.807, 2.05) is 12.1 Å². The molecular formula is C14H19FN2O. The van der Waals surface area contributed by atoms with Crippen LogP contribution >= 0.6 is 0 Å². The second-order valence-electron chi connectivity index (χ2n) is 4.93. The molecule has 0 spiro atoms. The largest absolute Gasteiger partial charge is 0.378 e. The lowest BCUT2D eigenvalue weighted by molar-refractivity contribution is 0.122. The summed E-state index contributed by atoms with van der Waals surface area (Å²) in [6.45, 7) is 5.03. The summed E-state index contributed by atoms with van der Waals surface area (Å²) < 4.78 is 19.5. The lowest BCUT2D eigenvalue weighted by Gasteiger charge is -2.29. The van der Waals surface area contributed by atoms with Gasteiger partial charge in [-0.15, -0.1) is 0 Å². The molecule has 0 unspecified atom stereocenters. The molecule has 0 radical (unpaired) electrons. The molecule has 2 fully saturated rings. The molecule has 98 valence electrons. The average Bonchev–Trinajstić information content (AvgIpc) is 2.93. The number of ether oxygens (including phenoxy) is 1. The summed E-state index contributed by atoms with van der Waals surface area (Å²) in [5.41, 5.74) is 1.73. The molecule has 2 aliphatic heterocycles. The van der Waals surface area contributed by atoms with Crippen LogP contribution in [0.25, 0.3) is 0 Å². The first-order valence-corrected chi connectivity index (χ1v) is 6.72. The lowest BCUT2D eigenvalue weighted by Crippen LogP contribution is -2.36. The Hall–Kier alpha value is -1.29. The summed E-state index contributed by atoms with van der Waals surface area (Å²) in [5, 5.41) is 0. The Morgan fingerprint density at radius 1 is 0.944 bits per heavy atom. The molecule has 1 aromatic rings. The van der Waals surface area contributed by atoms with Gasteiger partial charge in [0.05, 0.1) is 18.9 Å². The monoisotopic (exact) mass is 250 g/mol. The van der Waals surface area contributed by atoms with E-state index < -0.39 is 0 Å². The Morgan fingerprint density at radius 2 is 1.67 bits per heavy atom. The zero-order chi connectivity index (χ0) is 12.4. The van der Waals surface area contributed by atoms with E-state index in [9.17, 15) is 4.39 Å². The molecule has 3 rings (SSSR count). The Morgan fingerprint density at radius 3 is 2.33 bits per heavy atom. The third kappa shape index (κ3) is 2.29. The van der Waals surface area contributed by atoms with Crippen LogP contribution in [0.2, 0.25) is 0 Å². The number of hydrogen-bond donors (Lipinski definition) is 0. The molecule has 1 aromatic carbocycles. The minimum atomic E-state index is -0.110. The topological polar surface area (TPSA) is 15.7 Å². The van der Waals surface area contributed by atoms with E-state index >= 15 is 0 Å². The minimum Gasteiger partial charge on any atom is -0.378 e. The molecule has 0 saturated carbocycles. The number of benzene rings is 1. The van der Waals surface area contributed by atoms with Crippen molar-refractivity contribution in [3.8, 4) is 0 Å². The summed E-state index contributed by atoms with van der Waals surface area (Å²) in [6, 6.07) is 5.63. The molecule has 0 atom stereocenters. The molecule has 4 heteroatoms. The second-order valence-corrected chi connectivity index (χ2v) is 4.93. The SMILES string of the molecule is Fc1cc(N2CCCC2)ccc1N1CCOCC1. The third-order valence-electron chi connectivity index (χ3n) is 3.75. The summed E-state index contributed by atoms with van der Waals surface area (Å²) in [4.78, 5) is 4.32. The van der Waals surface area contributed by atoms with E-state index in [1.54, 1.807) is 6.07 Å².